The lowest BCUT2D eigenvalue weighted by atomic mass is 9.83. The molecule has 1 aromatic carbocycles. The molecule has 1 N–H and O–H groups in total. The van der Waals surface area contributed by atoms with Crippen LogP contribution in [0.4, 0.5) is 0 Å². The molecule has 1 aromatic rings. The maximum absolute atomic E-state index is 5.47. The van der Waals surface area contributed by atoms with Crippen LogP contribution in [0.5, 0.6) is 5.75 Å². The highest BCUT2D eigenvalue weighted by Crippen LogP contribution is 2.29. The van der Waals surface area contributed by atoms with Crippen LogP contribution in [0.2, 0.25) is 0 Å². The fourth-order valence-electron chi connectivity index (χ4n) is 2.43. The number of ether oxygens (including phenoxy) is 1. The van der Waals surface area contributed by atoms with E-state index in [9.17, 15) is 0 Å². The number of hydrogen-bond donors (Lipinski definition) is 1. The normalized spacial score (nSPS) is 11.7. The summed E-state index contributed by atoms with van der Waals surface area (Å²) in [6, 6.07) is 6.45. The van der Waals surface area contributed by atoms with Gasteiger partial charge in [0.05, 0.1) is 7.11 Å². The van der Waals surface area contributed by atoms with Crippen molar-refractivity contribution in [1.82, 2.24) is 5.32 Å². The summed E-state index contributed by atoms with van der Waals surface area (Å²) >= 11 is 0. The third kappa shape index (κ3) is 5.96. The SMILES string of the molecule is CCCNCCC(C)(C)CCc1cc(C)ccc1OC. The maximum Gasteiger partial charge on any atom is 0.122 e. The Kier molecular flexibility index (Phi) is 7.08. The average molecular weight is 277 g/mol. The first-order chi connectivity index (χ1) is 9.48. The Morgan fingerprint density at radius 3 is 2.55 bits per heavy atom. The molecule has 0 fully saturated rings. The number of benzene rings is 1. The third-order valence-electron chi connectivity index (χ3n) is 3.91. The van der Waals surface area contributed by atoms with Gasteiger partial charge < -0.3 is 10.1 Å². The first-order valence-corrected chi connectivity index (χ1v) is 7.83. The van der Waals surface area contributed by atoms with E-state index in [-0.39, 0.29) is 0 Å². The minimum Gasteiger partial charge on any atom is -0.496 e. The molecule has 0 spiro atoms. The summed E-state index contributed by atoms with van der Waals surface area (Å²) in [5.41, 5.74) is 3.01. The Balaban J connectivity index is 2.50. The molecule has 2 heteroatoms. The quantitative estimate of drug-likeness (QED) is 0.677. The van der Waals surface area contributed by atoms with Gasteiger partial charge >= 0.3 is 0 Å². The molecule has 0 saturated heterocycles. The van der Waals surface area contributed by atoms with Crippen molar-refractivity contribution in [3.05, 3.63) is 29.3 Å². The van der Waals surface area contributed by atoms with Gasteiger partial charge in [0.2, 0.25) is 0 Å². The standard InChI is InChI=1S/C18H31NO/c1-6-12-19-13-11-18(3,4)10-9-16-14-15(2)7-8-17(16)20-5/h7-8,14,19H,6,9-13H2,1-5H3. The van der Waals surface area contributed by atoms with Crippen LogP contribution < -0.4 is 10.1 Å². The van der Waals surface area contributed by atoms with E-state index in [0.29, 0.717) is 5.41 Å². The molecule has 0 radical (unpaired) electrons. The minimum atomic E-state index is 0.371. The first kappa shape index (κ1) is 17.0. The molecule has 0 aliphatic rings. The van der Waals surface area contributed by atoms with Crippen LogP contribution in [0.3, 0.4) is 0 Å². The molecule has 0 bridgehead atoms. The fourth-order valence-corrected chi connectivity index (χ4v) is 2.43. The highest BCUT2D eigenvalue weighted by atomic mass is 16.5. The zero-order valence-electron chi connectivity index (χ0n) is 13.9. The van der Waals surface area contributed by atoms with E-state index in [0.717, 1.165) is 25.3 Å². The van der Waals surface area contributed by atoms with Gasteiger partial charge in [-0.1, -0.05) is 38.5 Å². The minimum absolute atomic E-state index is 0.371. The zero-order chi connectivity index (χ0) is 15.0. The number of nitrogens with one attached hydrogen (secondary N) is 1. The van der Waals surface area contributed by atoms with Crippen molar-refractivity contribution in [3.8, 4) is 5.75 Å². The monoisotopic (exact) mass is 277 g/mol. The van der Waals surface area contributed by atoms with Gasteiger partial charge in [0.25, 0.3) is 0 Å². The summed E-state index contributed by atoms with van der Waals surface area (Å²) in [7, 11) is 1.76. The molecule has 114 valence electrons. The lowest BCUT2D eigenvalue weighted by Gasteiger charge is -2.25. The second-order valence-electron chi connectivity index (χ2n) is 6.48. The molecular weight excluding hydrogens is 246 g/mol. The van der Waals surface area contributed by atoms with Crippen LogP contribution in [0.25, 0.3) is 0 Å². The topological polar surface area (TPSA) is 21.3 Å². The summed E-state index contributed by atoms with van der Waals surface area (Å²) in [6.07, 6.45) is 4.72. The first-order valence-electron chi connectivity index (χ1n) is 7.83. The number of hydrogen-bond acceptors (Lipinski definition) is 2. The fraction of sp³-hybridized carbons (Fsp3) is 0.667. The predicted molar refractivity (Wildman–Crippen MR) is 87.6 cm³/mol. The van der Waals surface area contributed by atoms with Crippen molar-refractivity contribution in [3.63, 3.8) is 0 Å². The Hall–Kier alpha value is -1.02. The van der Waals surface area contributed by atoms with Crippen LogP contribution in [-0.4, -0.2) is 20.2 Å². The van der Waals surface area contributed by atoms with E-state index < -0.39 is 0 Å². The molecule has 1 rings (SSSR count). The van der Waals surface area contributed by atoms with Gasteiger partial charge in [0.15, 0.2) is 0 Å². The number of rotatable bonds is 9. The van der Waals surface area contributed by atoms with Crippen molar-refractivity contribution in [2.24, 2.45) is 5.41 Å². The van der Waals surface area contributed by atoms with Gasteiger partial charge in [-0.2, -0.15) is 0 Å². The molecule has 0 aliphatic heterocycles. The molecular formula is C18H31NO. The van der Waals surface area contributed by atoms with Gasteiger partial charge in [0.1, 0.15) is 5.75 Å². The van der Waals surface area contributed by atoms with Crippen molar-refractivity contribution < 1.29 is 4.74 Å². The van der Waals surface area contributed by atoms with E-state index >= 15 is 0 Å². The van der Waals surface area contributed by atoms with Crippen molar-refractivity contribution >= 4 is 0 Å². The van der Waals surface area contributed by atoms with Crippen LogP contribution in [0, 0.1) is 12.3 Å². The van der Waals surface area contributed by atoms with E-state index in [1.165, 1.54) is 30.4 Å². The zero-order valence-corrected chi connectivity index (χ0v) is 13.9. The van der Waals surface area contributed by atoms with Crippen LogP contribution >= 0.6 is 0 Å². The Labute approximate surface area is 124 Å². The molecule has 0 aliphatic carbocycles. The molecule has 0 atom stereocenters. The van der Waals surface area contributed by atoms with Gasteiger partial charge in [-0.25, -0.2) is 0 Å². The summed E-state index contributed by atoms with van der Waals surface area (Å²) in [5, 5.41) is 3.50. The van der Waals surface area contributed by atoms with Crippen molar-refractivity contribution in [1.29, 1.82) is 0 Å². The summed E-state index contributed by atoms with van der Waals surface area (Å²) in [5.74, 6) is 1.02. The Bertz CT molecular complexity index is 398. The second kappa shape index (κ2) is 8.31. The molecule has 0 saturated carbocycles. The molecule has 0 heterocycles. The van der Waals surface area contributed by atoms with Crippen molar-refractivity contribution in [2.75, 3.05) is 20.2 Å². The molecule has 2 nitrogen and oxygen atoms in total. The Morgan fingerprint density at radius 1 is 1.15 bits per heavy atom. The Morgan fingerprint density at radius 2 is 1.90 bits per heavy atom. The van der Waals surface area contributed by atoms with E-state index in [2.05, 4.69) is 51.2 Å². The largest absolute Gasteiger partial charge is 0.496 e. The van der Waals surface area contributed by atoms with Gasteiger partial charge in [-0.3, -0.25) is 0 Å². The smallest absolute Gasteiger partial charge is 0.122 e. The highest BCUT2D eigenvalue weighted by Gasteiger charge is 2.18. The van der Waals surface area contributed by atoms with Gasteiger partial charge in [-0.15, -0.1) is 0 Å². The summed E-state index contributed by atoms with van der Waals surface area (Å²) < 4.78 is 5.47. The van der Waals surface area contributed by atoms with E-state index in [4.69, 9.17) is 4.74 Å². The van der Waals surface area contributed by atoms with Crippen molar-refractivity contribution in [2.45, 2.75) is 53.4 Å². The summed E-state index contributed by atoms with van der Waals surface area (Å²) in [6.45, 7) is 11.3. The lowest BCUT2D eigenvalue weighted by molar-refractivity contribution is 0.300. The average Bonchev–Trinajstić information content (AvgIpc) is 2.42. The predicted octanol–water partition coefficient (Wildman–Crippen LogP) is 4.35. The van der Waals surface area contributed by atoms with Gasteiger partial charge in [-0.05, 0) is 62.7 Å². The van der Waals surface area contributed by atoms with E-state index in [1.807, 2.05) is 0 Å². The van der Waals surface area contributed by atoms with Crippen LogP contribution in [0.1, 0.15) is 51.2 Å². The van der Waals surface area contributed by atoms with E-state index in [1.54, 1.807) is 7.11 Å². The van der Waals surface area contributed by atoms with Crippen LogP contribution in [0.15, 0.2) is 18.2 Å². The molecule has 20 heavy (non-hydrogen) atoms. The maximum atomic E-state index is 5.47. The second-order valence-corrected chi connectivity index (χ2v) is 6.48. The molecule has 0 unspecified atom stereocenters. The molecule has 0 aromatic heterocycles. The lowest BCUT2D eigenvalue weighted by Crippen LogP contribution is -2.23. The van der Waals surface area contributed by atoms with Crippen LogP contribution in [-0.2, 0) is 6.42 Å². The van der Waals surface area contributed by atoms with Gasteiger partial charge in [0, 0.05) is 0 Å². The number of methoxy groups -OCH3 is 1. The third-order valence-corrected chi connectivity index (χ3v) is 3.91. The molecule has 0 amide bonds. The number of aryl methyl sites for hydroxylation is 2. The summed E-state index contributed by atoms with van der Waals surface area (Å²) in [4.78, 5) is 0. The highest BCUT2D eigenvalue weighted by molar-refractivity contribution is 5.37.